The smallest absolute Gasteiger partial charge is 0.242 e. The number of carbonyl (C=O) groups is 4. The second kappa shape index (κ2) is 25.3. The summed E-state index contributed by atoms with van der Waals surface area (Å²) in [5.41, 5.74) is 9.55. The van der Waals surface area contributed by atoms with Crippen molar-refractivity contribution in [2.45, 2.75) is 105 Å². The van der Waals surface area contributed by atoms with Crippen LogP contribution in [0.3, 0.4) is 0 Å². The van der Waals surface area contributed by atoms with Crippen molar-refractivity contribution in [3.05, 3.63) is 111 Å². The van der Waals surface area contributed by atoms with Crippen molar-refractivity contribution in [1.82, 2.24) is 32.1 Å². The summed E-state index contributed by atoms with van der Waals surface area (Å²) < 4.78 is 34.9. The van der Waals surface area contributed by atoms with Gasteiger partial charge in [-0.1, -0.05) is 63.8 Å². The van der Waals surface area contributed by atoms with E-state index in [-0.39, 0.29) is 109 Å². The lowest BCUT2D eigenvalue weighted by Crippen LogP contribution is -2.75. The minimum absolute atomic E-state index is 0.0306. The molecule has 7 heterocycles. The van der Waals surface area contributed by atoms with E-state index in [9.17, 15) is 45.3 Å². The number of rotatable bonds is 17. The number of para-hydroxylation sites is 1. The third-order valence-corrected chi connectivity index (χ3v) is 19.3. The van der Waals surface area contributed by atoms with Crippen LogP contribution in [0, 0.1) is 29.6 Å². The molecule has 450 valence electrons. The fourth-order valence-corrected chi connectivity index (χ4v) is 15.0. The molecule has 0 saturated carbocycles. The Kier molecular flexibility index (Phi) is 18.1. The van der Waals surface area contributed by atoms with Gasteiger partial charge < -0.3 is 85.2 Å². The molecular weight excluding hydrogens is 1130 g/mol. The van der Waals surface area contributed by atoms with Gasteiger partial charge in [0.25, 0.3) is 0 Å². The Balaban J connectivity index is 1.16. The number of amides is 1. The molecule has 6 bridgehead atoms. The van der Waals surface area contributed by atoms with E-state index < -0.39 is 122 Å². The van der Waals surface area contributed by atoms with Crippen LogP contribution < -0.4 is 52.2 Å². The molecule has 3 aromatic rings. The van der Waals surface area contributed by atoms with Crippen molar-refractivity contribution in [2.24, 2.45) is 23.5 Å². The fraction of sp³-hybridized carbons (Fsp3) is 0.517. The van der Waals surface area contributed by atoms with Crippen molar-refractivity contribution in [2.75, 3.05) is 69.2 Å². The van der Waals surface area contributed by atoms with Crippen LogP contribution in [-0.2, 0) is 30.4 Å². The van der Waals surface area contributed by atoms with E-state index in [1.165, 1.54) is 39.8 Å². The van der Waals surface area contributed by atoms with E-state index in [2.05, 4.69) is 44.0 Å². The molecule has 84 heavy (non-hydrogen) atoms. The summed E-state index contributed by atoms with van der Waals surface area (Å²) in [6.07, 6.45) is -6.11. The summed E-state index contributed by atoms with van der Waals surface area (Å²) in [6, 6.07) is 12.6. The molecule has 11 rings (SSSR count). The Hall–Kier alpha value is -5.68. The van der Waals surface area contributed by atoms with Gasteiger partial charge in [-0.15, -0.1) is 0 Å². The van der Waals surface area contributed by atoms with Gasteiger partial charge in [-0.3, -0.25) is 30.8 Å². The van der Waals surface area contributed by atoms with E-state index in [4.69, 9.17) is 29.4 Å². The van der Waals surface area contributed by atoms with E-state index in [0.717, 1.165) is 0 Å². The van der Waals surface area contributed by atoms with Crippen LogP contribution in [0.15, 0.2) is 72.1 Å². The summed E-state index contributed by atoms with van der Waals surface area (Å²) in [5.74, 6) is 1.22. The van der Waals surface area contributed by atoms with Crippen LogP contribution in [-0.4, -0.2) is 190 Å². The molecule has 15 atom stereocenters. The predicted molar refractivity (Wildman–Crippen MR) is 306 cm³/mol. The largest absolute Gasteiger partial charge is 0.486 e. The zero-order chi connectivity index (χ0) is 59.0. The Bertz CT molecular complexity index is 3140. The number of anilines is 1. The van der Waals surface area contributed by atoms with Gasteiger partial charge in [0.15, 0.2) is 34.3 Å². The van der Waals surface area contributed by atoms with Crippen molar-refractivity contribution in [1.29, 1.82) is 0 Å². The number of allylic oxidation sites excluding steroid dienone is 1. The normalized spacial score (nSPS) is 31.8. The number of aliphatic hydroxyl groups is 7. The number of hydrogen-bond acceptors (Lipinski definition) is 25. The third kappa shape index (κ3) is 11.5. The lowest BCUT2D eigenvalue weighted by atomic mass is 9.74. The molecule has 26 heteroatoms. The van der Waals surface area contributed by atoms with Crippen LogP contribution in [0.4, 0.5) is 5.69 Å². The minimum Gasteiger partial charge on any atom is -0.486 e. The number of nitrogens with zero attached hydrogens (tertiary/aromatic N) is 1. The Morgan fingerprint density at radius 2 is 1.85 bits per heavy atom. The van der Waals surface area contributed by atoms with Gasteiger partial charge in [-0.25, -0.2) is 5.43 Å². The molecule has 0 radical (unpaired) electrons. The molecule has 7 aliphatic heterocycles. The molecule has 24 nitrogen and oxygen atoms in total. The van der Waals surface area contributed by atoms with Crippen LogP contribution in [0.5, 0.6) is 11.5 Å². The maximum atomic E-state index is 15.5. The van der Waals surface area contributed by atoms with E-state index in [1.807, 2.05) is 35.2 Å². The highest BCUT2D eigenvalue weighted by atomic mass is 33.1. The number of hydrogen-bond donors (Lipinski definition) is 14. The lowest BCUT2D eigenvalue weighted by molar-refractivity contribution is -0.344. The van der Waals surface area contributed by atoms with Crippen LogP contribution in [0.25, 0.3) is 0 Å². The highest BCUT2D eigenvalue weighted by Gasteiger charge is 2.66. The number of hydrazine groups is 1. The molecule has 3 saturated heterocycles. The molecule has 3 fully saturated rings. The standard InChI is InChI=1S/C58H70N8O16S2/c1-29(70)19-62-65-44-17-31(11-14-60-44)34(21-69)23-80-58-27-84-83-26-33-10-13-57(77,54(58)76)43-25-78-22-32(7-9-42(33)72)45(37-4-2-3-5-41(37)66-28-61-47-52(66)63-56(59)64-53(47)75)40-18-39-46(49(74)38-16-30(20-68)6-8-36(38)48(39)73)51(50(40)82-55(58)81-43)79-24-35(71)12-15-67/h2-6,8,11,15-18,29,32-35,42-43,45,47,52,54-56,60-63,65,68-72,76-77H,7,9,12,14,19-28,59H2,1H3,(H,64,75). The van der Waals surface area contributed by atoms with Gasteiger partial charge in [0.2, 0.25) is 12.2 Å². The number of dihydropyridines is 1. The number of nitrogens with one attached hydrogen (secondary N) is 6. The second-order valence-corrected chi connectivity index (χ2v) is 24.9. The number of aldehydes is 1. The predicted octanol–water partition coefficient (Wildman–Crippen LogP) is -1.34. The molecule has 1 aliphatic carbocycles. The van der Waals surface area contributed by atoms with Gasteiger partial charge in [-0.2, -0.15) is 0 Å². The van der Waals surface area contributed by atoms with Crippen molar-refractivity contribution in [3.8, 4) is 23.3 Å². The van der Waals surface area contributed by atoms with E-state index in [1.54, 1.807) is 19.1 Å². The average Bonchev–Trinajstić information content (AvgIpc) is 2.22. The average molecular weight is 1200 g/mol. The molecule has 3 aromatic carbocycles. The number of benzene rings is 3. The summed E-state index contributed by atoms with van der Waals surface area (Å²) in [7, 11) is 2.57. The molecule has 8 aliphatic rings. The second-order valence-electron chi connectivity index (χ2n) is 22.4. The molecule has 1 amide bonds. The van der Waals surface area contributed by atoms with Crippen molar-refractivity contribution < 1.29 is 78.6 Å². The van der Waals surface area contributed by atoms with Crippen molar-refractivity contribution in [3.63, 3.8) is 0 Å². The molecule has 0 spiro atoms. The number of carbonyl (C=O) groups excluding carboxylic acids is 4. The highest BCUT2D eigenvalue weighted by Crippen LogP contribution is 2.54. The number of ether oxygens (including phenoxy) is 5. The van der Waals surface area contributed by atoms with E-state index in [0.29, 0.717) is 41.0 Å². The summed E-state index contributed by atoms with van der Waals surface area (Å²) >= 11 is 0. The fourth-order valence-electron chi connectivity index (χ4n) is 12.3. The number of aliphatic hydroxyl groups excluding tert-OH is 6. The van der Waals surface area contributed by atoms with E-state index >= 15 is 9.59 Å². The monoisotopic (exact) mass is 1200 g/mol. The minimum atomic E-state index is -2.50. The summed E-state index contributed by atoms with van der Waals surface area (Å²) in [4.78, 5) is 58.2. The lowest BCUT2D eigenvalue weighted by Gasteiger charge is -2.54. The van der Waals surface area contributed by atoms with Crippen LogP contribution >= 0.6 is 21.6 Å². The number of ketones is 2. The van der Waals surface area contributed by atoms with Gasteiger partial charge in [0.05, 0.1) is 69.5 Å². The molecule has 15 N–H and O–H groups in total. The first-order valence-corrected chi connectivity index (χ1v) is 30.6. The van der Waals surface area contributed by atoms with Gasteiger partial charge >= 0.3 is 0 Å². The van der Waals surface area contributed by atoms with Crippen LogP contribution in [0.1, 0.15) is 80.6 Å². The zero-order valence-electron chi connectivity index (χ0n) is 45.9. The summed E-state index contributed by atoms with van der Waals surface area (Å²) in [5, 5.41) is 94.1. The zero-order valence-corrected chi connectivity index (χ0v) is 47.5. The Morgan fingerprint density at radius 3 is 2.64 bits per heavy atom. The number of nitrogens with two attached hydrogens (primary N) is 1. The Labute approximate surface area is 492 Å². The third-order valence-electron chi connectivity index (χ3n) is 16.8. The SMILES string of the molecule is CC(O)CNNC1=CC(C(CO)COC23CSSCC4C#CC(O)(C5COCC(CCC4O)C(c4ccccc4N4CNC6C(=O)NC(N)NC64)c4cc6c(c(OCC(O)CC=O)c4OC2O5)C(=O)c2cc(CO)ccc2C6=O)C3O)=CCN1. The quantitative estimate of drug-likeness (QED) is 0.0252. The highest BCUT2D eigenvalue weighted by molar-refractivity contribution is 8.76. The number of fused-ring (bicyclic) bond motifs is 11. The van der Waals surface area contributed by atoms with Crippen molar-refractivity contribution >= 4 is 51.0 Å². The molecule has 0 aromatic heterocycles. The molecular formula is C58H70N8O16S2. The molecule has 15 unspecified atom stereocenters. The van der Waals surface area contributed by atoms with Gasteiger partial charge in [-0.05, 0) is 72.7 Å². The maximum absolute atomic E-state index is 15.5. The van der Waals surface area contributed by atoms with Gasteiger partial charge in [0, 0.05) is 70.8 Å². The summed E-state index contributed by atoms with van der Waals surface area (Å²) in [6.45, 7) is -0.0453. The Morgan fingerprint density at radius 1 is 1.01 bits per heavy atom. The first-order chi connectivity index (χ1) is 40.6. The topological polar surface area (TPSA) is 357 Å². The van der Waals surface area contributed by atoms with Crippen LogP contribution in [0.2, 0.25) is 0 Å². The first-order valence-electron chi connectivity index (χ1n) is 28.1. The maximum Gasteiger partial charge on any atom is 0.242 e. The van der Waals surface area contributed by atoms with Gasteiger partial charge in [0.1, 0.15) is 49.4 Å². The first kappa shape index (κ1) is 60.0.